The minimum atomic E-state index is -0.0282. The van der Waals surface area contributed by atoms with Gasteiger partial charge in [0.15, 0.2) is 5.96 Å². The van der Waals surface area contributed by atoms with Gasteiger partial charge in [0.05, 0.1) is 0 Å². The van der Waals surface area contributed by atoms with Crippen molar-refractivity contribution >= 4 is 23.5 Å². The van der Waals surface area contributed by atoms with Crippen molar-refractivity contribution in [2.45, 2.75) is 32.9 Å². The molecule has 0 bridgehead atoms. The fourth-order valence-electron chi connectivity index (χ4n) is 1.84. The van der Waals surface area contributed by atoms with E-state index in [9.17, 15) is 4.79 Å². The minimum absolute atomic E-state index is 0.0282. The van der Waals surface area contributed by atoms with Gasteiger partial charge < -0.3 is 15.1 Å². The lowest BCUT2D eigenvalue weighted by molar-refractivity contribution is -0.127. The normalized spacial score (nSPS) is 12.7. The van der Waals surface area contributed by atoms with Gasteiger partial charge in [-0.05, 0) is 25.0 Å². The number of carbonyl (C=O) groups excluding carboxylic acids is 1. The maximum absolute atomic E-state index is 11.8. The Kier molecular flexibility index (Phi) is 7.89. The predicted octanol–water partition coefficient (Wildman–Crippen LogP) is 2.60. The van der Waals surface area contributed by atoms with Crippen molar-refractivity contribution in [1.82, 2.24) is 15.1 Å². The van der Waals surface area contributed by atoms with E-state index in [1.54, 1.807) is 19.0 Å². The summed E-state index contributed by atoms with van der Waals surface area (Å²) in [5.74, 6) is 0.675. The highest BCUT2D eigenvalue weighted by Crippen LogP contribution is 2.16. The summed E-state index contributed by atoms with van der Waals surface area (Å²) in [5, 5.41) is 4.09. The van der Waals surface area contributed by atoms with E-state index in [1.165, 1.54) is 0 Å². The van der Waals surface area contributed by atoms with Crippen molar-refractivity contribution in [3.63, 3.8) is 0 Å². The number of amides is 1. The average Bonchev–Trinajstić information content (AvgIpc) is 2.52. The number of guanidine groups is 1. The first-order valence-electron chi connectivity index (χ1n) is 7.80. The molecule has 1 unspecified atom stereocenters. The van der Waals surface area contributed by atoms with Gasteiger partial charge in [-0.3, -0.25) is 4.79 Å². The Balaban J connectivity index is 2.87. The van der Waals surface area contributed by atoms with Gasteiger partial charge in [0.25, 0.3) is 0 Å². The molecular formula is C17H27ClN4O. The van der Waals surface area contributed by atoms with Crippen molar-refractivity contribution < 1.29 is 4.79 Å². The highest BCUT2D eigenvalue weighted by Gasteiger charge is 2.12. The van der Waals surface area contributed by atoms with Crippen LogP contribution in [0.25, 0.3) is 0 Å². The van der Waals surface area contributed by atoms with E-state index in [2.05, 4.69) is 24.2 Å². The predicted molar refractivity (Wildman–Crippen MR) is 96.8 cm³/mol. The number of nitrogens with one attached hydrogen (secondary N) is 1. The third-order valence-corrected chi connectivity index (χ3v) is 3.95. The van der Waals surface area contributed by atoms with Crippen molar-refractivity contribution in [3.8, 4) is 0 Å². The fraction of sp³-hybridized carbons (Fsp3) is 0.529. The molecule has 0 aliphatic carbocycles. The van der Waals surface area contributed by atoms with Gasteiger partial charge in [-0.1, -0.05) is 36.7 Å². The fourth-order valence-corrected chi connectivity index (χ4v) is 2.04. The largest absolute Gasteiger partial charge is 0.354 e. The monoisotopic (exact) mass is 338 g/mol. The number of halogens is 1. The van der Waals surface area contributed by atoms with Crippen LogP contribution in [0.15, 0.2) is 29.3 Å². The Labute approximate surface area is 144 Å². The second-order valence-electron chi connectivity index (χ2n) is 5.83. The number of hydrogen-bond donors (Lipinski definition) is 1. The maximum Gasteiger partial charge on any atom is 0.243 e. The van der Waals surface area contributed by atoms with Gasteiger partial charge in [-0.15, -0.1) is 0 Å². The summed E-state index contributed by atoms with van der Waals surface area (Å²) in [6.45, 7) is 4.94. The molecule has 0 heterocycles. The van der Waals surface area contributed by atoms with E-state index >= 15 is 0 Å². The molecule has 0 fully saturated rings. The van der Waals surface area contributed by atoms with Crippen LogP contribution in [-0.4, -0.2) is 55.4 Å². The van der Waals surface area contributed by atoms with Crippen LogP contribution in [0.5, 0.6) is 0 Å². The second kappa shape index (κ2) is 9.40. The van der Waals surface area contributed by atoms with Crippen LogP contribution in [0.1, 0.15) is 25.8 Å². The molecule has 0 aliphatic rings. The van der Waals surface area contributed by atoms with Crippen LogP contribution >= 0.6 is 11.6 Å². The molecule has 1 aromatic carbocycles. The van der Waals surface area contributed by atoms with E-state index < -0.39 is 0 Å². The second-order valence-corrected chi connectivity index (χ2v) is 6.24. The number of benzene rings is 1. The number of nitrogens with zero attached hydrogens (tertiary/aromatic N) is 3. The van der Waals surface area contributed by atoms with Crippen molar-refractivity contribution in [2.24, 2.45) is 4.99 Å². The standard InChI is InChI=1S/C17H27ClN4O/c1-6-13(2)20-17(19-11-16(23)21(3)4)22(5)12-14-9-7-8-10-15(14)18/h7-10,13H,6,11-12H2,1-5H3,(H,19,20). The Bertz CT molecular complexity index is 545. The Morgan fingerprint density at radius 3 is 2.52 bits per heavy atom. The quantitative estimate of drug-likeness (QED) is 0.640. The van der Waals surface area contributed by atoms with Crippen LogP contribution < -0.4 is 5.32 Å². The van der Waals surface area contributed by atoms with Crippen molar-refractivity contribution in [3.05, 3.63) is 34.9 Å². The molecular weight excluding hydrogens is 312 g/mol. The molecule has 0 aromatic heterocycles. The highest BCUT2D eigenvalue weighted by molar-refractivity contribution is 6.31. The third kappa shape index (κ3) is 6.48. The molecule has 128 valence electrons. The molecule has 1 aromatic rings. The average molecular weight is 339 g/mol. The molecule has 0 saturated heterocycles. The smallest absolute Gasteiger partial charge is 0.243 e. The molecule has 0 aliphatic heterocycles. The Morgan fingerprint density at radius 1 is 1.30 bits per heavy atom. The lowest BCUT2D eigenvalue weighted by Crippen LogP contribution is -2.43. The first-order valence-corrected chi connectivity index (χ1v) is 8.18. The zero-order valence-electron chi connectivity index (χ0n) is 14.6. The lowest BCUT2D eigenvalue weighted by atomic mass is 10.2. The van der Waals surface area contributed by atoms with Crippen LogP contribution in [-0.2, 0) is 11.3 Å². The SMILES string of the molecule is CCC(C)NC(=NCC(=O)N(C)C)N(C)Cc1ccccc1Cl. The van der Waals surface area contributed by atoms with E-state index in [-0.39, 0.29) is 18.5 Å². The first-order chi connectivity index (χ1) is 10.8. The summed E-state index contributed by atoms with van der Waals surface area (Å²) in [5.41, 5.74) is 1.02. The summed E-state index contributed by atoms with van der Waals surface area (Å²) in [6.07, 6.45) is 0.973. The molecule has 0 spiro atoms. The summed E-state index contributed by atoms with van der Waals surface area (Å²) < 4.78 is 0. The molecule has 23 heavy (non-hydrogen) atoms. The lowest BCUT2D eigenvalue weighted by Gasteiger charge is -2.25. The first kappa shape index (κ1) is 19.3. The number of likely N-dealkylation sites (N-methyl/N-ethyl adjacent to an activating group) is 1. The molecule has 5 nitrogen and oxygen atoms in total. The van der Waals surface area contributed by atoms with E-state index in [4.69, 9.17) is 11.6 Å². The van der Waals surface area contributed by atoms with Gasteiger partial charge in [0.2, 0.25) is 5.91 Å². The van der Waals surface area contributed by atoms with E-state index in [1.807, 2.05) is 36.2 Å². The van der Waals surface area contributed by atoms with Crippen LogP contribution in [0, 0.1) is 0 Å². The summed E-state index contributed by atoms with van der Waals surface area (Å²) in [4.78, 5) is 19.8. The molecule has 0 saturated carbocycles. The molecule has 1 amide bonds. The van der Waals surface area contributed by atoms with Gasteiger partial charge in [-0.2, -0.15) is 0 Å². The third-order valence-electron chi connectivity index (χ3n) is 3.58. The number of hydrogen-bond acceptors (Lipinski definition) is 2. The molecule has 1 rings (SSSR count). The van der Waals surface area contributed by atoms with E-state index in [0.29, 0.717) is 12.5 Å². The zero-order valence-corrected chi connectivity index (χ0v) is 15.4. The molecule has 1 N–H and O–H groups in total. The summed E-state index contributed by atoms with van der Waals surface area (Å²) in [6, 6.07) is 8.01. The van der Waals surface area contributed by atoms with Gasteiger partial charge >= 0.3 is 0 Å². The van der Waals surface area contributed by atoms with Crippen molar-refractivity contribution in [1.29, 1.82) is 0 Å². The zero-order chi connectivity index (χ0) is 17.4. The van der Waals surface area contributed by atoms with Crippen LogP contribution in [0.4, 0.5) is 0 Å². The van der Waals surface area contributed by atoms with E-state index in [0.717, 1.165) is 17.0 Å². The Hall–Kier alpha value is -1.75. The molecule has 0 radical (unpaired) electrons. The van der Waals surface area contributed by atoms with Crippen LogP contribution in [0.3, 0.4) is 0 Å². The Morgan fingerprint density at radius 2 is 1.96 bits per heavy atom. The van der Waals surface area contributed by atoms with Gasteiger partial charge in [0.1, 0.15) is 6.54 Å². The van der Waals surface area contributed by atoms with Gasteiger partial charge in [-0.25, -0.2) is 4.99 Å². The summed E-state index contributed by atoms with van der Waals surface area (Å²) in [7, 11) is 5.40. The van der Waals surface area contributed by atoms with Crippen molar-refractivity contribution in [2.75, 3.05) is 27.7 Å². The van der Waals surface area contributed by atoms with Gasteiger partial charge in [0, 0.05) is 38.8 Å². The molecule has 1 atom stereocenters. The highest BCUT2D eigenvalue weighted by atomic mass is 35.5. The topological polar surface area (TPSA) is 47.9 Å². The number of carbonyl (C=O) groups is 1. The molecule has 6 heteroatoms. The number of rotatable bonds is 6. The number of aliphatic imine (C=N–C) groups is 1. The maximum atomic E-state index is 11.8. The summed E-state index contributed by atoms with van der Waals surface area (Å²) >= 11 is 6.23. The van der Waals surface area contributed by atoms with Crippen LogP contribution in [0.2, 0.25) is 5.02 Å². The minimum Gasteiger partial charge on any atom is -0.354 e.